The molecule has 0 bridgehead atoms. The Morgan fingerprint density at radius 3 is 2.31 bits per heavy atom. The van der Waals surface area contributed by atoms with Crippen LogP contribution in [0.2, 0.25) is 0 Å². The van der Waals surface area contributed by atoms with Gasteiger partial charge < -0.3 is 27.4 Å². The van der Waals surface area contributed by atoms with Crippen LogP contribution in [0.5, 0.6) is 0 Å². The van der Waals surface area contributed by atoms with Gasteiger partial charge in [0.05, 0.1) is 6.04 Å². The van der Waals surface area contributed by atoms with E-state index in [0.717, 1.165) is 19.3 Å². The van der Waals surface area contributed by atoms with E-state index in [1.807, 2.05) is 0 Å². The number of amides is 3. The Morgan fingerprint density at radius 1 is 1.19 bits per heavy atom. The normalized spacial score (nSPS) is 18.5. The quantitative estimate of drug-likeness (QED) is 0.390. The lowest BCUT2D eigenvalue weighted by Crippen LogP contribution is -2.55. The number of unbranched alkanes of at least 4 members (excludes halogenated alkanes) is 1. The third-order valence-corrected chi connectivity index (χ3v) is 4.40. The minimum atomic E-state index is -0.742. The second kappa shape index (κ2) is 13.1. The Labute approximate surface area is 167 Å². The third kappa shape index (κ3) is 7.65. The number of nitrogens with two attached hydrogens (primary N) is 3. The number of rotatable bonds is 9. The van der Waals surface area contributed by atoms with Crippen molar-refractivity contribution in [2.45, 2.75) is 64.1 Å². The van der Waals surface area contributed by atoms with Gasteiger partial charge in [-0.2, -0.15) is 0 Å². The molecule has 3 unspecified atom stereocenters. The lowest BCUT2D eigenvalue weighted by atomic mass is 10.0. The number of halogens is 2. The van der Waals surface area contributed by atoms with E-state index < -0.39 is 24.0 Å². The first kappa shape index (κ1) is 27.1. The number of nitrogens with one attached hydrogen (secondary N) is 1. The summed E-state index contributed by atoms with van der Waals surface area (Å²) in [6.07, 6.45) is 3.46. The topological polar surface area (TPSA) is 145 Å². The molecule has 1 fully saturated rings. The lowest BCUT2D eigenvalue weighted by Gasteiger charge is -2.28. The molecule has 7 N–H and O–H groups in total. The zero-order valence-corrected chi connectivity index (χ0v) is 17.1. The summed E-state index contributed by atoms with van der Waals surface area (Å²) < 4.78 is 0. The van der Waals surface area contributed by atoms with E-state index in [-0.39, 0.29) is 42.5 Å². The molecule has 0 saturated carbocycles. The summed E-state index contributed by atoms with van der Waals surface area (Å²) in [6.45, 7) is 4.69. The lowest BCUT2D eigenvalue weighted by molar-refractivity contribution is -0.140. The van der Waals surface area contributed by atoms with Gasteiger partial charge in [0.2, 0.25) is 17.7 Å². The van der Waals surface area contributed by atoms with Gasteiger partial charge in [0.1, 0.15) is 12.1 Å². The van der Waals surface area contributed by atoms with E-state index in [1.54, 1.807) is 13.8 Å². The van der Waals surface area contributed by atoms with E-state index >= 15 is 0 Å². The predicted molar refractivity (Wildman–Crippen MR) is 106 cm³/mol. The van der Waals surface area contributed by atoms with Gasteiger partial charge in [-0.25, -0.2) is 0 Å². The highest BCUT2D eigenvalue weighted by Crippen LogP contribution is 2.20. The van der Waals surface area contributed by atoms with Gasteiger partial charge in [0.25, 0.3) is 0 Å². The van der Waals surface area contributed by atoms with Crippen LogP contribution in [0.25, 0.3) is 0 Å². The van der Waals surface area contributed by atoms with Gasteiger partial charge in [-0.3, -0.25) is 14.4 Å². The molecule has 154 valence electrons. The van der Waals surface area contributed by atoms with E-state index in [0.29, 0.717) is 25.9 Å². The first-order chi connectivity index (χ1) is 11.3. The van der Waals surface area contributed by atoms with Gasteiger partial charge in [-0.05, 0) is 38.1 Å². The summed E-state index contributed by atoms with van der Waals surface area (Å²) in [6, 6.07) is -1.95. The zero-order chi connectivity index (χ0) is 18.3. The largest absolute Gasteiger partial charge is 0.368 e. The van der Waals surface area contributed by atoms with E-state index in [2.05, 4.69) is 5.32 Å². The fraction of sp³-hybridized carbons (Fsp3) is 0.812. The van der Waals surface area contributed by atoms with Crippen LogP contribution in [0.15, 0.2) is 0 Å². The van der Waals surface area contributed by atoms with Crippen LogP contribution in [-0.2, 0) is 14.4 Å². The summed E-state index contributed by atoms with van der Waals surface area (Å²) >= 11 is 0. The molecule has 8 nitrogen and oxygen atoms in total. The molecular formula is C16H33Cl2N5O3. The van der Waals surface area contributed by atoms with Crippen LogP contribution in [-0.4, -0.2) is 53.8 Å². The highest BCUT2D eigenvalue weighted by atomic mass is 35.5. The Morgan fingerprint density at radius 2 is 1.81 bits per heavy atom. The first-order valence-electron chi connectivity index (χ1n) is 8.65. The average molecular weight is 414 g/mol. The second-order valence-electron chi connectivity index (χ2n) is 6.71. The monoisotopic (exact) mass is 413 g/mol. The van der Waals surface area contributed by atoms with Crippen molar-refractivity contribution < 1.29 is 14.4 Å². The average Bonchev–Trinajstić information content (AvgIpc) is 3.00. The molecule has 10 heteroatoms. The Bertz CT molecular complexity index is 465. The summed E-state index contributed by atoms with van der Waals surface area (Å²) in [5.74, 6) is -1.25. The van der Waals surface area contributed by atoms with E-state index in [4.69, 9.17) is 17.2 Å². The number of likely N-dealkylation sites (tertiary alicyclic amines) is 1. The van der Waals surface area contributed by atoms with Gasteiger partial charge in [-0.15, -0.1) is 24.8 Å². The van der Waals surface area contributed by atoms with Crippen LogP contribution in [0.1, 0.15) is 46.0 Å². The molecule has 1 saturated heterocycles. The molecule has 0 aromatic rings. The van der Waals surface area contributed by atoms with Crippen molar-refractivity contribution in [1.29, 1.82) is 0 Å². The van der Waals surface area contributed by atoms with Crippen molar-refractivity contribution in [3.05, 3.63) is 0 Å². The molecule has 0 radical (unpaired) electrons. The number of nitrogens with zero attached hydrogens (tertiary/aromatic N) is 1. The Kier molecular flexibility index (Phi) is 13.7. The molecule has 1 aliphatic heterocycles. The highest BCUT2D eigenvalue weighted by Gasteiger charge is 2.37. The van der Waals surface area contributed by atoms with Crippen molar-refractivity contribution in [1.82, 2.24) is 10.2 Å². The van der Waals surface area contributed by atoms with Crippen LogP contribution < -0.4 is 22.5 Å². The van der Waals surface area contributed by atoms with E-state index in [1.165, 1.54) is 4.90 Å². The molecule has 1 rings (SSSR count). The van der Waals surface area contributed by atoms with Gasteiger partial charge in [0.15, 0.2) is 0 Å². The number of hydrogen-bond donors (Lipinski definition) is 4. The third-order valence-electron chi connectivity index (χ3n) is 4.40. The molecule has 3 atom stereocenters. The maximum absolute atomic E-state index is 12.5. The molecule has 26 heavy (non-hydrogen) atoms. The predicted octanol–water partition coefficient (Wildman–Crippen LogP) is -0.0966. The fourth-order valence-electron chi connectivity index (χ4n) is 2.96. The highest BCUT2D eigenvalue weighted by molar-refractivity contribution is 5.93. The van der Waals surface area contributed by atoms with Crippen molar-refractivity contribution in [3.63, 3.8) is 0 Å². The molecule has 1 heterocycles. The molecule has 0 aliphatic carbocycles. The molecule has 1 aliphatic rings. The molecular weight excluding hydrogens is 381 g/mol. The molecule has 0 spiro atoms. The second-order valence-corrected chi connectivity index (χ2v) is 6.71. The van der Waals surface area contributed by atoms with Crippen LogP contribution in [0.3, 0.4) is 0 Å². The van der Waals surface area contributed by atoms with Crippen molar-refractivity contribution in [3.8, 4) is 0 Å². The fourth-order valence-corrected chi connectivity index (χ4v) is 2.96. The van der Waals surface area contributed by atoms with Crippen LogP contribution in [0.4, 0.5) is 0 Å². The van der Waals surface area contributed by atoms with Crippen LogP contribution in [0, 0.1) is 5.92 Å². The van der Waals surface area contributed by atoms with E-state index in [9.17, 15) is 14.4 Å². The number of hydrogen-bond acceptors (Lipinski definition) is 5. The van der Waals surface area contributed by atoms with Crippen molar-refractivity contribution in [2.75, 3.05) is 13.1 Å². The Hall–Kier alpha value is -1.09. The zero-order valence-electron chi connectivity index (χ0n) is 15.5. The maximum Gasteiger partial charge on any atom is 0.243 e. The summed E-state index contributed by atoms with van der Waals surface area (Å²) in [4.78, 5) is 38.0. The Balaban J connectivity index is 0. The summed E-state index contributed by atoms with van der Waals surface area (Å²) in [7, 11) is 0. The SMILES string of the molecule is CC(C)C(NC(=O)C1CCCN1C(=O)C(N)CCCCN)C(N)=O.Cl.Cl. The smallest absolute Gasteiger partial charge is 0.243 e. The number of primary amides is 1. The van der Waals surface area contributed by atoms with Gasteiger partial charge in [-0.1, -0.05) is 20.3 Å². The maximum atomic E-state index is 12.5. The minimum Gasteiger partial charge on any atom is -0.368 e. The minimum absolute atomic E-state index is 0. The molecule has 0 aromatic carbocycles. The van der Waals surface area contributed by atoms with Crippen LogP contribution >= 0.6 is 24.8 Å². The van der Waals surface area contributed by atoms with Gasteiger partial charge in [0, 0.05) is 6.54 Å². The summed E-state index contributed by atoms with van der Waals surface area (Å²) in [5, 5.41) is 2.67. The number of carbonyl (C=O) groups excluding carboxylic acids is 3. The van der Waals surface area contributed by atoms with Crippen molar-refractivity contribution >= 4 is 42.5 Å². The number of carbonyl (C=O) groups is 3. The summed E-state index contributed by atoms with van der Waals surface area (Å²) in [5.41, 5.74) is 16.7. The van der Waals surface area contributed by atoms with Gasteiger partial charge >= 0.3 is 0 Å². The molecule has 0 aromatic heterocycles. The first-order valence-corrected chi connectivity index (χ1v) is 8.65. The molecule has 3 amide bonds. The standard InChI is InChI=1S/C16H31N5O3.2ClH/c1-10(2)13(14(19)22)20-15(23)12-7-5-9-21(12)16(24)11(18)6-3-4-8-17;;/h10-13H,3-9,17-18H2,1-2H3,(H2,19,22)(H,20,23);2*1H. The van der Waals surface area contributed by atoms with Crippen molar-refractivity contribution in [2.24, 2.45) is 23.1 Å².